The van der Waals surface area contributed by atoms with E-state index in [1.165, 1.54) is 21.8 Å². The van der Waals surface area contributed by atoms with Gasteiger partial charge in [-0.25, -0.2) is 19.6 Å². The molecule has 0 radical (unpaired) electrons. The molecule has 4 aliphatic rings. The van der Waals surface area contributed by atoms with E-state index >= 15 is 0 Å². The Morgan fingerprint density at radius 3 is 1.49 bits per heavy atom. The van der Waals surface area contributed by atoms with E-state index in [1.807, 2.05) is 0 Å². The van der Waals surface area contributed by atoms with Gasteiger partial charge in [-0.3, -0.25) is 29.2 Å². The van der Waals surface area contributed by atoms with Crippen molar-refractivity contribution >= 4 is 82.1 Å². The van der Waals surface area contributed by atoms with Crippen LogP contribution in [0.5, 0.6) is 0 Å². The first kappa shape index (κ1) is 43.3. The molecule has 18 nitrogen and oxygen atoms in total. The summed E-state index contributed by atoms with van der Waals surface area (Å²) in [6.07, 6.45) is 8.80. The molecule has 4 amide bonds. The maximum absolute atomic E-state index is 13.3. The molecule has 2 aliphatic heterocycles. The van der Waals surface area contributed by atoms with Crippen LogP contribution in [0.1, 0.15) is 62.5 Å². The third kappa shape index (κ3) is 10.2. The average molecular weight is 878 g/mol. The number of carboxylic acid groups (broad SMARTS) is 1. The topological polar surface area (TPSA) is 227 Å². The number of ether oxygens (including phenoxy) is 1. The Morgan fingerprint density at radius 1 is 0.689 bits per heavy atom. The summed E-state index contributed by atoms with van der Waals surface area (Å²) in [5.41, 5.74) is 2.35. The molecule has 0 saturated heterocycles. The van der Waals surface area contributed by atoms with Crippen molar-refractivity contribution in [2.24, 2.45) is 0 Å². The first-order valence-electron chi connectivity index (χ1n) is 19.9. The zero-order valence-electron chi connectivity index (χ0n) is 33.3. The van der Waals surface area contributed by atoms with Crippen LogP contribution in [0.2, 0.25) is 10.0 Å². The van der Waals surface area contributed by atoms with Crippen LogP contribution in [0.15, 0.2) is 60.9 Å². The van der Waals surface area contributed by atoms with Crippen molar-refractivity contribution in [2.75, 3.05) is 50.4 Å². The number of aliphatic carboxylic acids is 1. The average Bonchev–Trinajstić information content (AvgIpc) is 3.25. The summed E-state index contributed by atoms with van der Waals surface area (Å²) in [5, 5.41) is 36.1. The molecule has 322 valence electrons. The van der Waals surface area contributed by atoms with Gasteiger partial charge in [0.05, 0.1) is 53.8 Å². The van der Waals surface area contributed by atoms with E-state index in [2.05, 4.69) is 30.6 Å². The van der Waals surface area contributed by atoms with Crippen LogP contribution >= 0.6 is 23.2 Å². The van der Waals surface area contributed by atoms with E-state index in [9.17, 15) is 34.5 Å². The number of benzene rings is 2. The Bertz CT molecular complexity index is 2260. The predicted octanol–water partition coefficient (Wildman–Crippen LogP) is 5.84. The van der Waals surface area contributed by atoms with Gasteiger partial charge in [0, 0.05) is 35.6 Å². The van der Waals surface area contributed by atoms with Crippen LogP contribution in [0.3, 0.4) is 0 Å². The van der Waals surface area contributed by atoms with E-state index < -0.39 is 30.5 Å². The number of urea groups is 2. The first-order valence-corrected chi connectivity index (χ1v) is 20.7. The Kier molecular flexibility index (Phi) is 13.7. The van der Waals surface area contributed by atoms with E-state index in [4.69, 9.17) is 27.9 Å². The summed E-state index contributed by atoms with van der Waals surface area (Å²) >= 11 is 12.6. The van der Waals surface area contributed by atoms with Crippen molar-refractivity contribution in [1.82, 2.24) is 19.9 Å². The van der Waals surface area contributed by atoms with E-state index in [0.717, 1.165) is 43.4 Å². The van der Waals surface area contributed by atoms with Crippen molar-refractivity contribution in [3.05, 3.63) is 82.1 Å². The van der Waals surface area contributed by atoms with Gasteiger partial charge >= 0.3 is 24.0 Å². The molecule has 0 atom stereocenters. The zero-order chi connectivity index (χ0) is 43.2. The third-order valence-electron chi connectivity index (χ3n) is 10.9. The number of aliphatic hydroxyl groups is 2. The molecule has 8 rings (SSSR count). The summed E-state index contributed by atoms with van der Waals surface area (Å²) in [5.74, 6) is -0.344. The van der Waals surface area contributed by atoms with Gasteiger partial charge in [0.25, 0.3) is 0 Å². The lowest BCUT2D eigenvalue weighted by Gasteiger charge is -2.36. The standard InChI is InChI=1S/C21H24ClN5O4.C20H22ClN5O4/c1-31-18(29)12-27-19-13(11-26(21(27)30)17-5-3-2-4-16(17)22)10-23-20(25-19)24-14-6-8-15(28)9-7-14;21-15-3-1-2-4-16(15)25-10-12-9-22-19(23-13-5-7-14(27)8-6-13)24-18(12)26(20(25)30)11-17(28)29/h2-5,10,14-15,28H,6-9,11-12H2,1H3,(H,23,24,25);1-4,9,13-14,27H,5-8,10-11H2,(H,28,29)(H,22,23,24). The number of nitrogens with zero attached hydrogens (tertiary/aromatic N) is 8. The Morgan fingerprint density at radius 2 is 1.10 bits per heavy atom. The molecule has 2 saturated carbocycles. The number of carbonyl (C=O) groups excluding carboxylic acids is 3. The second-order valence-corrected chi connectivity index (χ2v) is 16.0. The zero-order valence-corrected chi connectivity index (χ0v) is 34.8. The number of carbonyl (C=O) groups is 4. The summed E-state index contributed by atoms with van der Waals surface area (Å²) < 4.78 is 4.78. The number of halogens is 2. The number of hydrogen-bond acceptors (Lipinski definition) is 13. The number of amides is 4. The minimum Gasteiger partial charge on any atom is -0.480 e. The highest BCUT2D eigenvalue weighted by Gasteiger charge is 2.37. The molecule has 2 aliphatic carbocycles. The lowest BCUT2D eigenvalue weighted by atomic mass is 9.93. The Labute approximate surface area is 361 Å². The fourth-order valence-electron chi connectivity index (χ4n) is 7.71. The Hall–Kier alpha value is -5.82. The van der Waals surface area contributed by atoms with Crippen LogP contribution < -0.4 is 30.2 Å². The smallest absolute Gasteiger partial charge is 0.331 e. The van der Waals surface area contributed by atoms with E-state index in [0.29, 0.717) is 63.1 Å². The minimum absolute atomic E-state index is 0.123. The number of esters is 1. The van der Waals surface area contributed by atoms with Gasteiger partial charge in [-0.05, 0) is 75.6 Å². The highest BCUT2D eigenvalue weighted by Crippen LogP contribution is 2.36. The fraction of sp³-hybridized carbons (Fsp3) is 0.415. The summed E-state index contributed by atoms with van der Waals surface area (Å²) in [4.78, 5) is 73.0. The molecular formula is C41H46Cl2N10O8. The van der Waals surface area contributed by atoms with E-state index in [1.54, 1.807) is 60.9 Å². The molecule has 5 N–H and O–H groups in total. The predicted molar refractivity (Wildman–Crippen MR) is 228 cm³/mol. The van der Waals surface area contributed by atoms with Crippen molar-refractivity contribution in [2.45, 2.75) is 88.7 Å². The molecule has 20 heteroatoms. The van der Waals surface area contributed by atoms with E-state index in [-0.39, 0.29) is 49.7 Å². The van der Waals surface area contributed by atoms with Crippen molar-refractivity contribution in [3.8, 4) is 0 Å². The minimum atomic E-state index is -1.15. The second-order valence-electron chi connectivity index (χ2n) is 15.2. The molecule has 2 fully saturated rings. The molecular weight excluding hydrogens is 831 g/mol. The van der Waals surface area contributed by atoms with Gasteiger partial charge in [0.2, 0.25) is 11.9 Å². The molecule has 61 heavy (non-hydrogen) atoms. The lowest BCUT2D eigenvalue weighted by Crippen LogP contribution is -2.50. The van der Waals surface area contributed by atoms with Gasteiger partial charge < -0.3 is 30.7 Å². The number of nitrogens with one attached hydrogen (secondary N) is 2. The number of aliphatic hydroxyl groups excluding tert-OH is 2. The Balaban J connectivity index is 0.000000184. The number of fused-ring (bicyclic) bond motifs is 2. The number of anilines is 6. The quantitative estimate of drug-likeness (QED) is 0.118. The number of carboxylic acids is 1. The number of aromatic nitrogens is 4. The summed E-state index contributed by atoms with van der Waals surface area (Å²) in [6, 6.07) is 13.3. The normalized spacial score (nSPS) is 21.1. The van der Waals surface area contributed by atoms with Crippen molar-refractivity contribution < 1.29 is 39.2 Å². The molecule has 2 aromatic carbocycles. The number of para-hydroxylation sites is 2. The highest BCUT2D eigenvalue weighted by molar-refractivity contribution is 6.34. The van der Waals surface area contributed by atoms with Crippen LogP contribution in [0.25, 0.3) is 0 Å². The van der Waals surface area contributed by atoms with Gasteiger partial charge in [0.1, 0.15) is 24.7 Å². The number of hydrogen-bond donors (Lipinski definition) is 5. The molecule has 0 spiro atoms. The van der Waals surface area contributed by atoms with Gasteiger partial charge in [-0.1, -0.05) is 47.5 Å². The van der Waals surface area contributed by atoms with Crippen molar-refractivity contribution in [3.63, 3.8) is 0 Å². The van der Waals surface area contributed by atoms with Crippen molar-refractivity contribution in [1.29, 1.82) is 0 Å². The molecule has 0 bridgehead atoms. The molecule has 2 aromatic heterocycles. The maximum atomic E-state index is 13.3. The largest absolute Gasteiger partial charge is 0.480 e. The monoisotopic (exact) mass is 876 g/mol. The number of methoxy groups -OCH3 is 1. The fourth-order valence-corrected chi connectivity index (χ4v) is 8.19. The van der Waals surface area contributed by atoms with Crippen LogP contribution in [0, 0.1) is 0 Å². The lowest BCUT2D eigenvalue weighted by molar-refractivity contribution is -0.139. The van der Waals surface area contributed by atoms with Gasteiger partial charge in [0.15, 0.2) is 0 Å². The van der Waals surface area contributed by atoms with Gasteiger partial charge in [-0.2, -0.15) is 9.97 Å². The summed E-state index contributed by atoms with van der Waals surface area (Å²) in [6.45, 7) is -0.399. The SMILES string of the molecule is COC(=O)CN1C(=O)N(c2ccccc2Cl)Cc2cnc(NC3CCC(O)CC3)nc21.O=C(O)CN1C(=O)N(c2ccccc2Cl)Cc2cnc(NC3CCC(O)CC3)nc21. The van der Waals surface area contributed by atoms with Crippen LogP contribution in [-0.4, -0.2) is 104 Å². The molecule has 4 heterocycles. The molecule has 0 unspecified atom stereocenters. The van der Waals surface area contributed by atoms with Crippen LogP contribution in [0.4, 0.5) is 44.5 Å². The second kappa shape index (κ2) is 19.3. The maximum Gasteiger partial charge on any atom is 0.331 e. The van der Waals surface area contributed by atoms with Gasteiger partial charge in [-0.15, -0.1) is 0 Å². The first-order chi connectivity index (χ1) is 29.4. The summed E-state index contributed by atoms with van der Waals surface area (Å²) in [7, 11) is 1.27. The number of rotatable bonds is 10. The highest BCUT2D eigenvalue weighted by atomic mass is 35.5. The molecule has 4 aromatic rings. The third-order valence-corrected chi connectivity index (χ3v) is 11.6. The van der Waals surface area contributed by atoms with Crippen LogP contribution in [-0.2, 0) is 27.4 Å².